The fraction of sp³-hybridized carbons (Fsp3) is 0.500. The van der Waals surface area contributed by atoms with E-state index in [0.29, 0.717) is 12.1 Å². The number of nitrogens with one attached hydrogen (secondary N) is 1. The fourth-order valence-electron chi connectivity index (χ4n) is 2.81. The second-order valence-electron chi connectivity index (χ2n) is 4.89. The maximum Gasteiger partial charge on any atom is 0.0724 e. The third-order valence-corrected chi connectivity index (χ3v) is 3.82. The molecule has 1 N–H and O–H groups in total. The van der Waals surface area contributed by atoms with Crippen molar-refractivity contribution in [3.63, 3.8) is 0 Å². The smallest absolute Gasteiger partial charge is 0.0724 e. The lowest BCUT2D eigenvalue weighted by atomic mass is 10.2. The summed E-state index contributed by atoms with van der Waals surface area (Å²) in [6, 6.07) is 6.63. The lowest BCUT2D eigenvalue weighted by Crippen LogP contribution is -2.36. The van der Waals surface area contributed by atoms with E-state index in [1.165, 1.54) is 30.3 Å². The van der Waals surface area contributed by atoms with E-state index in [1.807, 2.05) is 29.0 Å². The number of hydrogen-bond donors (Lipinski definition) is 1. The lowest BCUT2D eigenvalue weighted by Gasteiger charge is -2.19. The van der Waals surface area contributed by atoms with E-state index in [1.54, 1.807) is 7.11 Å². The molecule has 0 bridgehead atoms. The van der Waals surface area contributed by atoms with Crippen molar-refractivity contribution < 1.29 is 4.74 Å². The summed E-state index contributed by atoms with van der Waals surface area (Å²) in [5.74, 6) is 0. The van der Waals surface area contributed by atoms with Crippen molar-refractivity contribution in [1.82, 2.24) is 14.9 Å². The average molecular weight is 245 g/mol. The van der Waals surface area contributed by atoms with Crippen LogP contribution in [0.15, 0.2) is 30.6 Å². The van der Waals surface area contributed by atoms with Crippen LogP contribution in [0.1, 0.15) is 24.8 Å². The number of ether oxygens (including phenoxy) is 1. The highest BCUT2D eigenvalue weighted by Crippen LogP contribution is 2.22. The number of nitrogens with zero attached hydrogens (tertiary/aromatic N) is 2. The van der Waals surface area contributed by atoms with Crippen molar-refractivity contribution >= 4 is 5.52 Å². The van der Waals surface area contributed by atoms with E-state index < -0.39 is 0 Å². The SMILES string of the molecule is COC1CCCC1NCc1cnn2ccccc12. The second-order valence-corrected chi connectivity index (χ2v) is 4.89. The first-order valence-corrected chi connectivity index (χ1v) is 6.56. The molecule has 0 spiro atoms. The van der Waals surface area contributed by atoms with E-state index in [4.69, 9.17) is 4.74 Å². The van der Waals surface area contributed by atoms with E-state index >= 15 is 0 Å². The monoisotopic (exact) mass is 245 g/mol. The molecule has 0 aliphatic heterocycles. The zero-order chi connectivity index (χ0) is 12.4. The number of fused-ring (bicyclic) bond motifs is 1. The van der Waals surface area contributed by atoms with Gasteiger partial charge in [0.05, 0.1) is 17.8 Å². The second kappa shape index (κ2) is 5.08. The average Bonchev–Trinajstić information content (AvgIpc) is 3.02. The van der Waals surface area contributed by atoms with Gasteiger partial charge in [-0.25, -0.2) is 4.52 Å². The molecule has 4 nitrogen and oxygen atoms in total. The Morgan fingerprint density at radius 3 is 3.28 bits per heavy atom. The van der Waals surface area contributed by atoms with Crippen molar-refractivity contribution in [3.8, 4) is 0 Å². The van der Waals surface area contributed by atoms with Crippen LogP contribution in [0.4, 0.5) is 0 Å². The Labute approximate surface area is 107 Å². The van der Waals surface area contributed by atoms with E-state index in [-0.39, 0.29) is 0 Å². The Bertz CT molecular complexity index is 522. The standard InChI is InChI=1S/C14H19N3O/c1-18-14-7-4-5-12(14)15-9-11-10-16-17-8-3-2-6-13(11)17/h2-3,6,8,10,12,14-15H,4-5,7,9H2,1H3. The van der Waals surface area contributed by atoms with E-state index in [0.717, 1.165) is 6.54 Å². The van der Waals surface area contributed by atoms with Crippen LogP contribution in [0, 0.1) is 0 Å². The van der Waals surface area contributed by atoms with E-state index in [2.05, 4.69) is 16.5 Å². The van der Waals surface area contributed by atoms with Gasteiger partial charge in [-0.1, -0.05) is 6.07 Å². The topological polar surface area (TPSA) is 38.6 Å². The summed E-state index contributed by atoms with van der Waals surface area (Å²) in [4.78, 5) is 0. The third kappa shape index (κ3) is 2.13. The molecule has 1 aliphatic rings. The minimum absolute atomic E-state index is 0.367. The summed E-state index contributed by atoms with van der Waals surface area (Å²) in [6.45, 7) is 0.859. The van der Waals surface area contributed by atoms with Gasteiger partial charge in [-0.15, -0.1) is 0 Å². The molecule has 0 aromatic carbocycles. The molecule has 2 aromatic heterocycles. The highest BCUT2D eigenvalue weighted by Gasteiger charge is 2.26. The molecule has 2 atom stereocenters. The third-order valence-electron chi connectivity index (χ3n) is 3.82. The van der Waals surface area contributed by atoms with Crippen molar-refractivity contribution in [2.24, 2.45) is 0 Å². The zero-order valence-corrected chi connectivity index (χ0v) is 10.7. The molecule has 4 heteroatoms. The highest BCUT2D eigenvalue weighted by molar-refractivity contribution is 5.53. The molecular formula is C14H19N3O. The fourth-order valence-corrected chi connectivity index (χ4v) is 2.81. The van der Waals surface area contributed by atoms with Crippen molar-refractivity contribution in [2.75, 3.05) is 7.11 Å². The summed E-state index contributed by atoms with van der Waals surface area (Å²) < 4.78 is 7.41. The molecule has 2 aromatic rings. The minimum Gasteiger partial charge on any atom is -0.380 e. The summed E-state index contributed by atoms with van der Waals surface area (Å²) >= 11 is 0. The van der Waals surface area contributed by atoms with Crippen LogP contribution >= 0.6 is 0 Å². The summed E-state index contributed by atoms with van der Waals surface area (Å²) in [5, 5.41) is 7.95. The van der Waals surface area contributed by atoms with Gasteiger partial charge in [-0.05, 0) is 31.4 Å². The first-order valence-electron chi connectivity index (χ1n) is 6.56. The zero-order valence-electron chi connectivity index (χ0n) is 10.7. The Hall–Kier alpha value is -1.39. The molecule has 1 saturated carbocycles. The first kappa shape index (κ1) is 11.7. The van der Waals surface area contributed by atoms with E-state index in [9.17, 15) is 0 Å². The molecule has 18 heavy (non-hydrogen) atoms. The van der Waals surface area contributed by atoms with Crippen LogP contribution in [-0.2, 0) is 11.3 Å². The Kier molecular flexibility index (Phi) is 3.30. The molecule has 0 radical (unpaired) electrons. The van der Waals surface area contributed by atoms with Crippen LogP contribution in [0.25, 0.3) is 5.52 Å². The molecule has 1 fully saturated rings. The molecular weight excluding hydrogens is 226 g/mol. The molecule has 3 rings (SSSR count). The molecule has 2 heterocycles. The van der Waals surface area contributed by atoms with Crippen molar-refractivity contribution in [3.05, 3.63) is 36.2 Å². The summed E-state index contributed by atoms with van der Waals surface area (Å²) in [6.07, 6.45) is 7.92. The predicted octanol–water partition coefficient (Wildman–Crippen LogP) is 1.99. The number of hydrogen-bond acceptors (Lipinski definition) is 3. The molecule has 2 unspecified atom stereocenters. The highest BCUT2D eigenvalue weighted by atomic mass is 16.5. The van der Waals surface area contributed by atoms with Gasteiger partial charge >= 0.3 is 0 Å². The Morgan fingerprint density at radius 2 is 2.39 bits per heavy atom. The van der Waals surface area contributed by atoms with Crippen LogP contribution in [0.2, 0.25) is 0 Å². The van der Waals surface area contributed by atoms with Gasteiger partial charge in [-0.3, -0.25) is 0 Å². The molecule has 0 amide bonds. The van der Waals surface area contributed by atoms with Gasteiger partial charge < -0.3 is 10.1 Å². The molecule has 0 saturated heterocycles. The van der Waals surface area contributed by atoms with Crippen molar-refractivity contribution in [1.29, 1.82) is 0 Å². The number of aromatic nitrogens is 2. The molecule has 1 aliphatic carbocycles. The predicted molar refractivity (Wildman–Crippen MR) is 70.5 cm³/mol. The number of pyridine rings is 1. The van der Waals surface area contributed by atoms with Crippen LogP contribution in [-0.4, -0.2) is 28.9 Å². The number of rotatable bonds is 4. The van der Waals surface area contributed by atoms with Gasteiger partial charge in [0, 0.05) is 31.5 Å². The first-order chi connectivity index (χ1) is 8.88. The normalized spacial score (nSPS) is 23.8. The lowest BCUT2D eigenvalue weighted by molar-refractivity contribution is 0.0847. The maximum absolute atomic E-state index is 5.50. The van der Waals surface area contributed by atoms with Crippen LogP contribution in [0.3, 0.4) is 0 Å². The minimum atomic E-state index is 0.367. The van der Waals surface area contributed by atoms with Crippen molar-refractivity contribution in [2.45, 2.75) is 38.0 Å². The Balaban J connectivity index is 1.69. The summed E-state index contributed by atoms with van der Waals surface area (Å²) in [7, 11) is 1.81. The Morgan fingerprint density at radius 1 is 1.44 bits per heavy atom. The van der Waals surface area contributed by atoms with Gasteiger partial charge in [0.15, 0.2) is 0 Å². The van der Waals surface area contributed by atoms with Gasteiger partial charge in [0.25, 0.3) is 0 Å². The number of methoxy groups -OCH3 is 1. The van der Waals surface area contributed by atoms with Gasteiger partial charge in [0.1, 0.15) is 0 Å². The largest absolute Gasteiger partial charge is 0.380 e. The van der Waals surface area contributed by atoms with Gasteiger partial charge in [0.2, 0.25) is 0 Å². The maximum atomic E-state index is 5.50. The van der Waals surface area contributed by atoms with Crippen LogP contribution in [0.5, 0.6) is 0 Å². The summed E-state index contributed by atoms with van der Waals surface area (Å²) in [5.41, 5.74) is 2.43. The van der Waals surface area contributed by atoms with Crippen LogP contribution < -0.4 is 5.32 Å². The molecule has 96 valence electrons. The van der Waals surface area contributed by atoms with Gasteiger partial charge in [-0.2, -0.15) is 5.10 Å². The quantitative estimate of drug-likeness (QED) is 0.895.